The van der Waals surface area contributed by atoms with Crippen LogP contribution in [0.5, 0.6) is 0 Å². The Balaban J connectivity index is 1.81. The summed E-state index contributed by atoms with van der Waals surface area (Å²) in [6.07, 6.45) is 7.20. The molecule has 0 spiro atoms. The van der Waals surface area contributed by atoms with Crippen LogP contribution in [0.25, 0.3) is 0 Å². The number of hydrogen-bond acceptors (Lipinski definition) is 2. The molecule has 1 N–H and O–H groups in total. The molecule has 0 bridgehead atoms. The van der Waals surface area contributed by atoms with E-state index in [-0.39, 0.29) is 0 Å². The second-order valence-corrected chi connectivity index (χ2v) is 7.03. The van der Waals surface area contributed by atoms with E-state index in [1.165, 1.54) is 49.0 Å². The van der Waals surface area contributed by atoms with Crippen LogP contribution in [0.15, 0.2) is 24.3 Å². The first-order valence-electron chi connectivity index (χ1n) is 8.17. The second-order valence-electron chi connectivity index (χ2n) is 6.00. The molecule has 0 heterocycles. The minimum atomic E-state index is 0.717. The van der Waals surface area contributed by atoms with Crippen LogP contribution < -0.4 is 5.32 Å². The van der Waals surface area contributed by atoms with Gasteiger partial charge in [0.25, 0.3) is 0 Å². The lowest BCUT2D eigenvalue weighted by molar-refractivity contribution is 0.288. The largest absolute Gasteiger partial charge is 0.313 e. The highest BCUT2D eigenvalue weighted by Crippen LogP contribution is 2.28. The van der Waals surface area contributed by atoms with Crippen LogP contribution in [0.3, 0.4) is 0 Å². The Morgan fingerprint density at radius 1 is 1.20 bits per heavy atom. The normalized spacial score (nSPS) is 18.1. The van der Waals surface area contributed by atoms with Gasteiger partial charge in [-0.2, -0.15) is 11.8 Å². The maximum Gasteiger partial charge on any atom is 0.0187 e. The summed E-state index contributed by atoms with van der Waals surface area (Å²) in [6.45, 7) is 5.56. The lowest BCUT2D eigenvalue weighted by atomic mass is 9.84. The molecule has 0 saturated heterocycles. The Labute approximate surface area is 128 Å². The lowest BCUT2D eigenvalue weighted by Crippen LogP contribution is -2.39. The predicted molar refractivity (Wildman–Crippen MR) is 91.4 cm³/mol. The zero-order chi connectivity index (χ0) is 14.2. The van der Waals surface area contributed by atoms with E-state index in [2.05, 4.69) is 55.2 Å². The number of benzene rings is 1. The van der Waals surface area contributed by atoms with Crippen LogP contribution in [-0.4, -0.2) is 18.3 Å². The average Bonchev–Trinajstić information content (AvgIpc) is 2.49. The minimum absolute atomic E-state index is 0.717. The summed E-state index contributed by atoms with van der Waals surface area (Å²) in [4.78, 5) is 0. The maximum absolute atomic E-state index is 3.73. The van der Waals surface area contributed by atoms with Gasteiger partial charge >= 0.3 is 0 Å². The van der Waals surface area contributed by atoms with Crippen LogP contribution in [0.2, 0.25) is 0 Å². The third-order valence-corrected chi connectivity index (χ3v) is 5.61. The summed E-state index contributed by atoms with van der Waals surface area (Å²) in [7, 11) is 0. The molecule has 0 radical (unpaired) electrons. The standard InChI is InChI=1S/C18H29NS/c1-3-19-18(16-10-5-4-6-11-16)14-20-13-17-12-8-7-9-15(17)2/h7-9,12,16,18-19H,3-6,10-11,13-14H2,1-2H3. The van der Waals surface area contributed by atoms with Gasteiger partial charge in [0.2, 0.25) is 0 Å². The highest BCUT2D eigenvalue weighted by molar-refractivity contribution is 7.98. The van der Waals surface area contributed by atoms with Gasteiger partial charge in [0.05, 0.1) is 0 Å². The van der Waals surface area contributed by atoms with Gasteiger partial charge in [-0.25, -0.2) is 0 Å². The number of nitrogens with one attached hydrogen (secondary N) is 1. The van der Waals surface area contributed by atoms with Crippen molar-refractivity contribution >= 4 is 11.8 Å². The van der Waals surface area contributed by atoms with Crippen molar-refractivity contribution in [2.24, 2.45) is 5.92 Å². The van der Waals surface area contributed by atoms with E-state index in [4.69, 9.17) is 0 Å². The molecule has 1 fully saturated rings. The lowest BCUT2D eigenvalue weighted by Gasteiger charge is -2.30. The fourth-order valence-corrected chi connectivity index (χ4v) is 4.53. The van der Waals surface area contributed by atoms with Crippen molar-refractivity contribution in [3.05, 3.63) is 35.4 Å². The van der Waals surface area contributed by atoms with Gasteiger partial charge < -0.3 is 5.32 Å². The molecule has 0 amide bonds. The van der Waals surface area contributed by atoms with Crippen LogP contribution in [0.4, 0.5) is 0 Å². The van der Waals surface area contributed by atoms with Crippen molar-refractivity contribution in [3.63, 3.8) is 0 Å². The number of aryl methyl sites for hydroxylation is 1. The Kier molecular flexibility index (Phi) is 6.95. The first-order valence-corrected chi connectivity index (χ1v) is 9.32. The number of rotatable bonds is 7. The molecule has 20 heavy (non-hydrogen) atoms. The quantitative estimate of drug-likeness (QED) is 0.775. The molecule has 2 rings (SSSR count). The molecule has 1 nitrogen and oxygen atoms in total. The van der Waals surface area contributed by atoms with E-state index in [0.717, 1.165) is 18.2 Å². The Morgan fingerprint density at radius 3 is 2.65 bits per heavy atom. The van der Waals surface area contributed by atoms with Crippen molar-refractivity contribution in [2.75, 3.05) is 12.3 Å². The molecule has 1 unspecified atom stereocenters. The molecular formula is C18H29NS. The van der Waals surface area contributed by atoms with E-state index < -0.39 is 0 Å². The van der Waals surface area contributed by atoms with E-state index in [0.29, 0.717) is 6.04 Å². The zero-order valence-electron chi connectivity index (χ0n) is 13.0. The zero-order valence-corrected chi connectivity index (χ0v) is 13.8. The molecule has 0 aromatic heterocycles. The number of hydrogen-bond donors (Lipinski definition) is 1. The fourth-order valence-electron chi connectivity index (χ4n) is 3.23. The summed E-state index contributed by atoms with van der Waals surface area (Å²) in [5.74, 6) is 3.32. The van der Waals surface area contributed by atoms with Crippen molar-refractivity contribution in [2.45, 2.75) is 57.7 Å². The van der Waals surface area contributed by atoms with Crippen LogP contribution in [0.1, 0.15) is 50.2 Å². The van der Waals surface area contributed by atoms with Crippen molar-refractivity contribution in [1.29, 1.82) is 0 Å². The van der Waals surface area contributed by atoms with Gasteiger partial charge in [0.15, 0.2) is 0 Å². The first-order chi connectivity index (χ1) is 9.81. The minimum Gasteiger partial charge on any atom is -0.313 e. The van der Waals surface area contributed by atoms with E-state index in [1.54, 1.807) is 0 Å². The van der Waals surface area contributed by atoms with Gasteiger partial charge in [-0.3, -0.25) is 0 Å². The Bertz CT molecular complexity index is 385. The van der Waals surface area contributed by atoms with Gasteiger partial charge in [-0.1, -0.05) is 50.5 Å². The maximum atomic E-state index is 3.73. The summed E-state index contributed by atoms with van der Waals surface area (Å²) < 4.78 is 0. The monoisotopic (exact) mass is 291 g/mol. The summed E-state index contributed by atoms with van der Waals surface area (Å²) in [5.41, 5.74) is 2.93. The van der Waals surface area contributed by atoms with Gasteiger partial charge in [0, 0.05) is 17.5 Å². The molecule has 0 aliphatic heterocycles. The molecule has 1 atom stereocenters. The third kappa shape index (κ3) is 4.82. The molecule has 1 saturated carbocycles. The Hall–Kier alpha value is -0.470. The van der Waals surface area contributed by atoms with Crippen molar-refractivity contribution in [3.8, 4) is 0 Å². The third-order valence-electron chi connectivity index (χ3n) is 4.50. The fraction of sp³-hybridized carbons (Fsp3) is 0.667. The average molecular weight is 292 g/mol. The van der Waals surface area contributed by atoms with Gasteiger partial charge in [-0.05, 0) is 43.4 Å². The predicted octanol–water partition coefficient (Wildman–Crippen LogP) is 4.79. The molecular weight excluding hydrogens is 262 g/mol. The summed E-state index contributed by atoms with van der Waals surface area (Å²) in [5, 5.41) is 3.73. The highest BCUT2D eigenvalue weighted by Gasteiger charge is 2.22. The smallest absolute Gasteiger partial charge is 0.0187 e. The van der Waals surface area contributed by atoms with Crippen LogP contribution in [-0.2, 0) is 5.75 Å². The van der Waals surface area contributed by atoms with Crippen molar-refractivity contribution < 1.29 is 0 Å². The molecule has 1 aliphatic carbocycles. The summed E-state index contributed by atoms with van der Waals surface area (Å²) >= 11 is 2.10. The molecule has 1 aromatic carbocycles. The highest BCUT2D eigenvalue weighted by atomic mass is 32.2. The number of thioether (sulfide) groups is 1. The van der Waals surface area contributed by atoms with Gasteiger partial charge in [-0.15, -0.1) is 0 Å². The molecule has 2 heteroatoms. The van der Waals surface area contributed by atoms with Crippen molar-refractivity contribution in [1.82, 2.24) is 5.32 Å². The molecule has 1 aliphatic rings. The molecule has 112 valence electrons. The topological polar surface area (TPSA) is 12.0 Å². The van der Waals surface area contributed by atoms with E-state index in [1.807, 2.05) is 0 Å². The van der Waals surface area contributed by atoms with E-state index in [9.17, 15) is 0 Å². The van der Waals surface area contributed by atoms with Gasteiger partial charge in [0.1, 0.15) is 0 Å². The first kappa shape index (κ1) is 15.9. The SMILES string of the molecule is CCNC(CSCc1ccccc1C)C1CCCCC1. The van der Waals surface area contributed by atoms with Crippen LogP contribution >= 0.6 is 11.8 Å². The van der Waals surface area contributed by atoms with Crippen LogP contribution in [0, 0.1) is 12.8 Å². The Morgan fingerprint density at radius 2 is 1.95 bits per heavy atom. The second kappa shape index (κ2) is 8.74. The van der Waals surface area contributed by atoms with E-state index >= 15 is 0 Å². The summed E-state index contributed by atoms with van der Waals surface area (Å²) in [6, 6.07) is 9.50. The molecule has 1 aromatic rings.